The summed E-state index contributed by atoms with van der Waals surface area (Å²) in [4.78, 5) is 38.2. The Bertz CT molecular complexity index is 1220. The fourth-order valence-electron chi connectivity index (χ4n) is 8.92. The van der Waals surface area contributed by atoms with Crippen molar-refractivity contribution >= 4 is 17.9 Å². The fraction of sp³-hybridized carbons (Fsp3) is 0.828. The highest BCUT2D eigenvalue weighted by molar-refractivity contribution is 5.71. The molecular weight excluding hydrogens is 865 g/mol. The second-order valence-corrected chi connectivity index (χ2v) is 20.6. The van der Waals surface area contributed by atoms with E-state index in [1.54, 1.807) is 0 Å². The van der Waals surface area contributed by atoms with Crippen LogP contribution in [0, 0.1) is 0 Å². The van der Waals surface area contributed by atoms with E-state index in [1.807, 2.05) is 0 Å². The first-order chi connectivity index (χ1) is 34.5. The number of carbonyl (C=O) groups excluding carboxylic acids is 3. The number of hydrogen-bond donors (Lipinski definition) is 0. The molecule has 0 saturated carbocycles. The molecule has 70 heavy (non-hydrogen) atoms. The molecular formula is C64H116O6. The number of esters is 3. The third-order valence-electron chi connectivity index (χ3n) is 13.6. The van der Waals surface area contributed by atoms with Gasteiger partial charge in [0.25, 0.3) is 0 Å². The van der Waals surface area contributed by atoms with Gasteiger partial charge in [-0.2, -0.15) is 0 Å². The van der Waals surface area contributed by atoms with Crippen LogP contribution >= 0.6 is 0 Å². The Balaban J connectivity index is 4.38. The second-order valence-electron chi connectivity index (χ2n) is 20.6. The van der Waals surface area contributed by atoms with Gasteiger partial charge in [0.1, 0.15) is 13.2 Å². The third kappa shape index (κ3) is 56.3. The summed E-state index contributed by atoms with van der Waals surface area (Å²) in [6.45, 7) is 6.64. The maximum absolute atomic E-state index is 12.9. The van der Waals surface area contributed by atoms with Crippen LogP contribution in [0.15, 0.2) is 48.6 Å². The summed E-state index contributed by atoms with van der Waals surface area (Å²) >= 11 is 0. The molecule has 1 atom stereocenters. The molecule has 408 valence electrons. The van der Waals surface area contributed by atoms with Crippen molar-refractivity contribution in [1.82, 2.24) is 0 Å². The number of ether oxygens (including phenoxy) is 3. The third-order valence-corrected chi connectivity index (χ3v) is 13.6. The lowest BCUT2D eigenvalue weighted by molar-refractivity contribution is -0.167. The van der Waals surface area contributed by atoms with Gasteiger partial charge in [-0.05, 0) is 83.5 Å². The lowest BCUT2D eigenvalue weighted by Crippen LogP contribution is -2.30. The van der Waals surface area contributed by atoms with Gasteiger partial charge in [-0.3, -0.25) is 14.4 Å². The molecule has 0 heterocycles. The number of carbonyl (C=O) groups is 3. The predicted molar refractivity (Wildman–Crippen MR) is 302 cm³/mol. The molecule has 0 aliphatic carbocycles. The van der Waals surface area contributed by atoms with Crippen LogP contribution < -0.4 is 0 Å². The summed E-state index contributed by atoms with van der Waals surface area (Å²) in [5.74, 6) is -0.880. The molecule has 0 saturated heterocycles. The number of hydrogen-bond acceptors (Lipinski definition) is 6. The Morgan fingerprint density at radius 1 is 0.286 bits per heavy atom. The normalized spacial score (nSPS) is 12.3. The van der Waals surface area contributed by atoms with Crippen molar-refractivity contribution in [3.63, 3.8) is 0 Å². The fourth-order valence-corrected chi connectivity index (χ4v) is 8.92. The number of unbranched alkanes of at least 4 members (excludes halogenated alkanes) is 37. The molecule has 0 rings (SSSR count). The summed E-state index contributed by atoms with van der Waals surface area (Å²) in [6, 6.07) is 0. The van der Waals surface area contributed by atoms with Gasteiger partial charge >= 0.3 is 17.9 Å². The van der Waals surface area contributed by atoms with E-state index in [-0.39, 0.29) is 31.1 Å². The zero-order valence-corrected chi connectivity index (χ0v) is 46.8. The van der Waals surface area contributed by atoms with Gasteiger partial charge < -0.3 is 14.2 Å². The van der Waals surface area contributed by atoms with E-state index in [1.165, 1.54) is 199 Å². The Labute approximate surface area is 435 Å². The molecule has 0 amide bonds. The van der Waals surface area contributed by atoms with Crippen molar-refractivity contribution < 1.29 is 28.6 Å². The van der Waals surface area contributed by atoms with Crippen LogP contribution in [0.3, 0.4) is 0 Å². The minimum Gasteiger partial charge on any atom is -0.462 e. The molecule has 1 unspecified atom stereocenters. The first-order valence-corrected chi connectivity index (χ1v) is 30.6. The van der Waals surface area contributed by atoms with E-state index in [0.717, 1.165) is 83.5 Å². The molecule has 6 heteroatoms. The van der Waals surface area contributed by atoms with Crippen LogP contribution in [-0.2, 0) is 28.6 Å². The molecule has 6 nitrogen and oxygen atoms in total. The van der Waals surface area contributed by atoms with Crippen molar-refractivity contribution in [2.75, 3.05) is 13.2 Å². The van der Waals surface area contributed by atoms with E-state index in [4.69, 9.17) is 14.2 Å². The summed E-state index contributed by atoms with van der Waals surface area (Å²) in [5, 5.41) is 0. The first kappa shape index (κ1) is 67.4. The minimum absolute atomic E-state index is 0.0785. The van der Waals surface area contributed by atoms with Crippen LogP contribution in [0.5, 0.6) is 0 Å². The minimum atomic E-state index is -0.780. The van der Waals surface area contributed by atoms with Crippen molar-refractivity contribution in [1.29, 1.82) is 0 Å². The smallest absolute Gasteiger partial charge is 0.306 e. The van der Waals surface area contributed by atoms with E-state index in [2.05, 4.69) is 69.4 Å². The predicted octanol–water partition coefficient (Wildman–Crippen LogP) is 20.6. The second kappa shape index (κ2) is 58.9. The zero-order chi connectivity index (χ0) is 50.7. The molecule has 0 aromatic heterocycles. The molecule has 0 aliphatic rings. The van der Waals surface area contributed by atoms with E-state index >= 15 is 0 Å². The highest BCUT2D eigenvalue weighted by Gasteiger charge is 2.19. The molecule has 0 aromatic rings. The average Bonchev–Trinajstić information content (AvgIpc) is 3.36. The SMILES string of the molecule is CCCCC/C=C\C/C=C\C/C=C\CCCCCCCCC(=O)OCC(COC(=O)CCCCCCC/C=C\CCCCCCCCC)OC(=O)CCCCCCCCCCCCCCCCCCC. The first-order valence-electron chi connectivity index (χ1n) is 30.6. The van der Waals surface area contributed by atoms with Gasteiger partial charge in [-0.1, -0.05) is 268 Å². The van der Waals surface area contributed by atoms with Crippen molar-refractivity contribution in [2.45, 2.75) is 329 Å². The summed E-state index contributed by atoms with van der Waals surface area (Å²) < 4.78 is 16.9. The molecule has 0 N–H and O–H groups in total. The standard InChI is InChI=1S/C64H116O6/c1-4-7-10-13-16-19-22-25-28-31-32-34-36-39-42-45-48-51-54-57-63(66)69-60-61(59-68-62(65)56-53-50-47-44-41-38-35-30-27-24-21-18-15-12-9-6-3)70-64(67)58-55-52-49-46-43-40-37-33-29-26-23-20-17-14-11-8-5-2/h16,19,25,28,30,32,34-35,61H,4-15,17-18,20-24,26-27,29,31,33,36-60H2,1-3H3/b19-16-,28-25-,34-32-,35-30-. The largest absolute Gasteiger partial charge is 0.462 e. The molecule has 0 bridgehead atoms. The highest BCUT2D eigenvalue weighted by Crippen LogP contribution is 2.17. The molecule has 0 spiro atoms. The lowest BCUT2D eigenvalue weighted by atomic mass is 10.0. The van der Waals surface area contributed by atoms with Crippen molar-refractivity contribution in [3.8, 4) is 0 Å². The Hall–Kier alpha value is -2.63. The van der Waals surface area contributed by atoms with E-state index < -0.39 is 6.10 Å². The van der Waals surface area contributed by atoms with E-state index in [0.29, 0.717) is 19.3 Å². The van der Waals surface area contributed by atoms with Gasteiger partial charge in [0, 0.05) is 19.3 Å². The average molecular weight is 982 g/mol. The lowest BCUT2D eigenvalue weighted by Gasteiger charge is -2.18. The summed E-state index contributed by atoms with van der Waals surface area (Å²) in [5.41, 5.74) is 0. The maximum Gasteiger partial charge on any atom is 0.306 e. The van der Waals surface area contributed by atoms with Gasteiger partial charge in [0.2, 0.25) is 0 Å². The van der Waals surface area contributed by atoms with Crippen LogP contribution in [0.2, 0.25) is 0 Å². The number of rotatable bonds is 56. The summed E-state index contributed by atoms with van der Waals surface area (Å²) in [6.07, 6.45) is 72.4. The quantitative estimate of drug-likeness (QED) is 0.0261. The summed E-state index contributed by atoms with van der Waals surface area (Å²) in [7, 11) is 0. The topological polar surface area (TPSA) is 78.9 Å². The monoisotopic (exact) mass is 981 g/mol. The molecule has 0 aromatic carbocycles. The van der Waals surface area contributed by atoms with Crippen molar-refractivity contribution in [3.05, 3.63) is 48.6 Å². The molecule has 0 aliphatic heterocycles. The van der Waals surface area contributed by atoms with Gasteiger partial charge in [0.15, 0.2) is 6.10 Å². The van der Waals surface area contributed by atoms with Crippen molar-refractivity contribution in [2.24, 2.45) is 0 Å². The van der Waals surface area contributed by atoms with Crippen LogP contribution in [-0.4, -0.2) is 37.2 Å². The van der Waals surface area contributed by atoms with E-state index in [9.17, 15) is 14.4 Å². The Morgan fingerprint density at radius 2 is 0.514 bits per heavy atom. The Kier molecular flexibility index (Phi) is 56.7. The van der Waals surface area contributed by atoms with Crippen LogP contribution in [0.25, 0.3) is 0 Å². The van der Waals surface area contributed by atoms with Gasteiger partial charge in [0.05, 0.1) is 0 Å². The highest BCUT2D eigenvalue weighted by atomic mass is 16.6. The van der Waals surface area contributed by atoms with Crippen LogP contribution in [0.1, 0.15) is 323 Å². The zero-order valence-electron chi connectivity index (χ0n) is 46.8. The molecule has 0 fully saturated rings. The number of allylic oxidation sites excluding steroid dienone is 8. The Morgan fingerprint density at radius 3 is 0.843 bits per heavy atom. The van der Waals surface area contributed by atoms with Gasteiger partial charge in [-0.25, -0.2) is 0 Å². The maximum atomic E-state index is 12.9. The van der Waals surface area contributed by atoms with Crippen LogP contribution in [0.4, 0.5) is 0 Å². The molecule has 0 radical (unpaired) electrons. The van der Waals surface area contributed by atoms with Gasteiger partial charge in [-0.15, -0.1) is 0 Å².